The number of thiocarbonyl (C=S) groups is 1. The van der Waals surface area contributed by atoms with Crippen LogP contribution in [0.3, 0.4) is 0 Å². The van der Waals surface area contributed by atoms with Crippen LogP contribution in [0.15, 0.2) is 57.7 Å². The fourth-order valence-corrected chi connectivity index (χ4v) is 6.75. The minimum atomic E-state index is -0.446. The van der Waals surface area contributed by atoms with Gasteiger partial charge < -0.3 is 14.8 Å². The highest BCUT2D eigenvalue weighted by molar-refractivity contribution is 8.32. The van der Waals surface area contributed by atoms with Crippen molar-refractivity contribution in [3.63, 3.8) is 0 Å². The number of para-hydroxylation sites is 1. The summed E-state index contributed by atoms with van der Waals surface area (Å²) < 4.78 is 12.3. The Morgan fingerprint density at radius 1 is 1.03 bits per heavy atom. The third-order valence-corrected chi connectivity index (χ3v) is 8.47. The van der Waals surface area contributed by atoms with E-state index in [4.69, 9.17) is 21.7 Å². The molecule has 2 aromatic carbocycles. The average Bonchev–Trinajstić information content (AvgIpc) is 3.21. The van der Waals surface area contributed by atoms with E-state index in [0.717, 1.165) is 42.1 Å². The number of thioether (sulfide) groups is 2. The van der Waals surface area contributed by atoms with Gasteiger partial charge in [-0.2, -0.15) is 0 Å². The molecule has 0 atom stereocenters. The van der Waals surface area contributed by atoms with Gasteiger partial charge in [-0.25, -0.2) is 4.79 Å². The highest BCUT2D eigenvalue weighted by atomic mass is 32.2. The van der Waals surface area contributed by atoms with Gasteiger partial charge in [0.25, 0.3) is 0 Å². The Hall–Kier alpha value is -2.22. The zero-order valence-electron chi connectivity index (χ0n) is 18.5. The second-order valence-electron chi connectivity index (χ2n) is 7.80. The Balaban J connectivity index is 1.88. The fourth-order valence-electron chi connectivity index (χ4n) is 3.66. The first kappa shape index (κ1) is 23.0. The largest absolute Gasteiger partial charge is 0.492 e. The van der Waals surface area contributed by atoms with E-state index in [2.05, 4.69) is 25.2 Å². The molecule has 0 unspecified atom stereocenters. The van der Waals surface area contributed by atoms with Crippen molar-refractivity contribution in [1.82, 2.24) is 0 Å². The van der Waals surface area contributed by atoms with Gasteiger partial charge in [0, 0.05) is 20.9 Å². The van der Waals surface area contributed by atoms with Gasteiger partial charge in [-0.3, -0.25) is 0 Å². The lowest BCUT2D eigenvalue weighted by Gasteiger charge is -2.37. The van der Waals surface area contributed by atoms with Gasteiger partial charge in [-0.1, -0.05) is 78.2 Å². The number of ether oxygens (including phenoxy) is 2. The van der Waals surface area contributed by atoms with Gasteiger partial charge in [0.05, 0.1) is 28.7 Å². The Morgan fingerprint density at radius 2 is 1.78 bits per heavy atom. The van der Waals surface area contributed by atoms with E-state index >= 15 is 0 Å². The van der Waals surface area contributed by atoms with Gasteiger partial charge in [0.2, 0.25) is 0 Å². The minimum absolute atomic E-state index is 0.304. The molecule has 166 valence electrons. The summed E-state index contributed by atoms with van der Waals surface area (Å²) in [4.78, 5) is 15.2. The van der Waals surface area contributed by atoms with Crippen molar-refractivity contribution in [2.75, 3.05) is 18.5 Å². The number of anilines is 1. The van der Waals surface area contributed by atoms with Gasteiger partial charge in [-0.05, 0) is 39.3 Å². The van der Waals surface area contributed by atoms with E-state index in [1.54, 1.807) is 11.8 Å². The SMILES string of the molecule is CCOC(=O)C1=C(c2ccccc2)S/C(=C2\C(=S)C(C)(C)Nc3c(OCC)cccc32)S1. The van der Waals surface area contributed by atoms with E-state index in [1.807, 2.05) is 56.3 Å². The standard InChI is InChI=1S/C25H25NO3S3/c1-5-28-17-14-10-13-16-18(22(30)25(3,4)26-19(16)17)24-31-20(15-11-8-7-9-12-15)21(32-24)23(27)29-6-2/h7-14,26H,5-6H2,1-4H3/b24-18+. The third-order valence-electron chi connectivity index (χ3n) is 5.12. The van der Waals surface area contributed by atoms with E-state index in [-0.39, 0.29) is 5.97 Å². The molecule has 2 aromatic rings. The number of nitrogens with one attached hydrogen (secondary N) is 1. The molecule has 0 radical (unpaired) electrons. The van der Waals surface area contributed by atoms with Crippen LogP contribution in [0.25, 0.3) is 10.5 Å². The maximum Gasteiger partial charge on any atom is 0.346 e. The molecular formula is C25H25NO3S3. The predicted octanol–water partition coefficient (Wildman–Crippen LogP) is 6.74. The summed E-state index contributed by atoms with van der Waals surface area (Å²) in [5.74, 6) is 0.496. The summed E-state index contributed by atoms with van der Waals surface area (Å²) in [7, 11) is 0. The van der Waals surface area contributed by atoms with Crippen LogP contribution >= 0.6 is 35.7 Å². The second-order valence-corrected chi connectivity index (χ2v) is 10.5. The minimum Gasteiger partial charge on any atom is -0.492 e. The van der Waals surface area contributed by atoms with Gasteiger partial charge in [-0.15, -0.1) is 0 Å². The monoisotopic (exact) mass is 483 g/mol. The van der Waals surface area contributed by atoms with Gasteiger partial charge >= 0.3 is 5.97 Å². The summed E-state index contributed by atoms with van der Waals surface area (Å²) in [6, 6.07) is 16.0. The van der Waals surface area contributed by atoms with Crippen molar-refractivity contribution < 1.29 is 14.3 Å². The van der Waals surface area contributed by atoms with E-state index < -0.39 is 5.54 Å². The lowest BCUT2D eigenvalue weighted by atomic mass is 9.85. The highest BCUT2D eigenvalue weighted by Crippen LogP contribution is 2.58. The lowest BCUT2D eigenvalue weighted by Crippen LogP contribution is -2.43. The van der Waals surface area contributed by atoms with E-state index in [1.165, 1.54) is 11.8 Å². The quantitative estimate of drug-likeness (QED) is 0.287. The van der Waals surface area contributed by atoms with Gasteiger partial charge in [0.1, 0.15) is 10.7 Å². The number of fused-ring (bicyclic) bond motifs is 1. The summed E-state index contributed by atoms with van der Waals surface area (Å²) in [5, 5.41) is 3.57. The number of carbonyl (C=O) groups is 1. The molecule has 4 nitrogen and oxygen atoms in total. The van der Waals surface area contributed by atoms with Crippen molar-refractivity contribution in [3.8, 4) is 5.75 Å². The molecule has 0 aromatic heterocycles. The number of hydrogen-bond donors (Lipinski definition) is 1. The smallest absolute Gasteiger partial charge is 0.346 e. The number of carbonyl (C=O) groups excluding carboxylic acids is 1. The van der Waals surface area contributed by atoms with Crippen LogP contribution in [0, 0.1) is 0 Å². The Labute approximate surface area is 202 Å². The molecule has 0 fully saturated rings. The maximum absolute atomic E-state index is 12.8. The lowest BCUT2D eigenvalue weighted by molar-refractivity contribution is -0.137. The van der Waals surface area contributed by atoms with Crippen molar-refractivity contribution >= 4 is 62.7 Å². The van der Waals surface area contributed by atoms with Crippen LogP contribution in [0.4, 0.5) is 5.69 Å². The number of benzene rings is 2. The first-order chi connectivity index (χ1) is 15.4. The summed E-state index contributed by atoms with van der Waals surface area (Å²) >= 11 is 9.00. The molecule has 0 spiro atoms. The normalized spacial score (nSPS) is 19.4. The van der Waals surface area contributed by atoms with Crippen molar-refractivity contribution in [3.05, 3.63) is 68.8 Å². The number of hydrogen-bond acceptors (Lipinski definition) is 7. The zero-order chi connectivity index (χ0) is 22.9. The summed E-state index contributed by atoms with van der Waals surface area (Å²) in [6.07, 6.45) is 0. The molecule has 0 saturated carbocycles. The first-order valence-electron chi connectivity index (χ1n) is 10.5. The van der Waals surface area contributed by atoms with E-state index in [0.29, 0.717) is 18.1 Å². The molecular weight excluding hydrogens is 458 g/mol. The van der Waals surface area contributed by atoms with Gasteiger partial charge in [0.15, 0.2) is 0 Å². The van der Waals surface area contributed by atoms with Crippen molar-refractivity contribution in [2.24, 2.45) is 0 Å². The van der Waals surface area contributed by atoms with Crippen LogP contribution in [0.5, 0.6) is 5.75 Å². The van der Waals surface area contributed by atoms with Crippen LogP contribution < -0.4 is 10.1 Å². The molecule has 2 aliphatic rings. The zero-order valence-corrected chi connectivity index (χ0v) is 20.9. The van der Waals surface area contributed by atoms with Crippen LogP contribution in [-0.4, -0.2) is 29.6 Å². The molecule has 2 aliphatic heterocycles. The fraction of sp³-hybridized carbons (Fsp3) is 0.280. The van der Waals surface area contributed by atoms with Crippen LogP contribution in [0.2, 0.25) is 0 Å². The van der Waals surface area contributed by atoms with Crippen LogP contribution in [0.1, 0.15) is 38.8 Å². The molecule has 4 rings (SSSR count). The topological polar surface area (TPSA) is 47.6 Å². The molecule has 0 aliphatic carbocycles. The molecule has 32 heavy (non-hydrogen) atoms. The maximum atomic E-state index is 12.8. The number of rotatable bonds is 5. The molecule has 0 saturated heterocycles. The Morgan fingerprint density at radius 3 is 2.47 bits per heavy atom. The average molecular weight is 484 g/mol. The Bertz CT molecular complexity index is 1140. The highest BCUT2D eigenvalue weighted by Gasteiger charge is 2.39. The Kier molecular flexibility index (Phi) is 6.70. The third kappa shape index (κ3) is 4.21. The summed E-state index contributed by atoms with van der Waals surface area (Å²) in [5.41, 5.74) is 3.45. The first-order valence-corrected chi connectivity index (χ1v) is 12.6. The number of esters is 1. The van der Waals surface area contributed by atoms with Crippen LogP contribution in [-0.2, 0) is 9.53 Å². The molecule has 1 N–H and O–H groups in total. The molecule has 7 heteroatoms. The molecule has 2 heterocycles. The predicted molar refractivity (Wildman–Crippen MR) is 140 cm³/mol. The van der Waals surface area contributed by atoms with E-state index in [9.17, 15) is 4.79 Å². The molecule has 0 bridgehead atoms. The second kappa shape index (κ2) is 9.33. The molecule has 0 amide bonds. The van der Waals surface area contributed by atoms with Crippen molar-refractivity contribution in [2.45, 2.75) is 33.2 Å². The summed E-state index contributed by atoms with van der Waals surface area (Å²) in [6.45, 7) is 8.85. The van der Waals surface area contributed by atoms with Crippen molar-refractivity contribution in [1.29, 1.82) is 0 Å².